The van der Waals surface area contributed by atoms with Crippen molar-refractivity contribution in [3.63, 3.8) is 0 Å². The first-order valence-corrected chi connectivity index (χ1v) is 5.49. The van der Waals surface area contributed by atoms with E-state index in [1.807, 2.05) is 12.3 Å². The average Bonchev–Trinajstić information content (AvgIpc) is 2.92. The Bertz CT molecular complexity index is 312. The van der Waals surface area contributed by atoms with Crippen molar-refractivity contribution in [3.05, 3.63) is 12.1 Å². The number of anilines is 1. The second kappa shape index (κ2) is 3.46. The van der Waals surface area contributed by atoms with E-state index in [9.17, 15) is 0 Å². The quantitative estimate of drug-likeness (QED) is 0.750. The molecule has 2 rings (SSSR count). The van der Waals surface area contributed by atoms with Gasteiger partial charge in [0.2, 0.25) is 0 Å². The number of nitrogen functional groups attached to an aromatic ring is 1. The summed E-state index contributed by atoms with van der Waals surface area (Å²) in [5.74, 6) is 1.41. The summed E-state index contributed by atoms with van der Waals surface area (Å²) >= 11 is 1.56. The molecule has 1 heterocycles. The molecule has 2 N–H and O–H groups in total. The highest BCUT2D eigenvalue weighted by Gasteiger charge is 2.24. The Morgan fingerprint density at radius 1 is 1.54 bits per heavy atom. The van der Waals surface area contributed by atoms with E-state index in [0.717, 1.165) is 23.6 Å². The molecule has 1 saturated carbocycles. The highest BCUT2D eigenvalue weighted by atomic mass is 32.2. The lowest BCUT2D eigenvalue weighted by Gasteiger charge is -2.08. The van der Waals surface area contributed by atoms with Crippen molar-refractivity contribution < 1.29 is 4.74 Å². The molecule has 0 spiro atoms. The van der Waals surface area contributed by atoms with Gasteiger partial charge in [-0.2, -0.15) is 0 Å². The number of nitrogens with zero attached hydrogens (tertiary/aromatic N) is 1. The minimum Gasteiger partial charge on any atom is -0.488 e. The number of nitrogens with two attached hydrogens (primary N) is 1. The van der Waals surface area contributed by atoms with Crippen LogP contribution in [0.1, 0.15) is 12.8 Å². The first-order chi connectivity index (χ1) is 6.29. The molecule has 3 nitrogen and oxygen atoms in total. The predicted molar refractivity (Wildman–Crippen MR) is 54.1 cm³/mol. The van der Waals surface area contributed by atoms with Crippen molar-refractivity contribution in [2.24, 2.45) is 0 Å². The van der Waals surface area contributed by atoms with Crippen LogP contribution in [0.15, 0.2) is 17.2 Å². The Labute approximate surface area is 81.7 Å². The SMILES string of the molecule is CSc1nc(N)ccc1OC1CC1. The summed E-state index contributed by atoms with van der Waals surface area (Å²) in [6, 6.07) is 3.67. The van der Waals surface area contributed by atoms with Gasteiger partial charge in [0, 0.05) is 0 Å². The normalized spacial score (nSPS) is 15.8. The molecule has 0 amide bonds. The smallest absolute Gasteiger partial charge is 0.152 e. The number of rotatable bonds is 3. The van der Waals surface area contributed by atoms with Crippen molar-refractivity contribution >= 4 is 17.6 Å². The van der Waals surface area contributed by atoms with E-state index in [2.05, 4.69) is 4.98 Å². The van der Waals surface area contributed by atoms with Crippen LogP contribution in [-0.4, -0.2) is 17.3 Å². The first kappa shape index (κ1) is 8.69. The Morgan fingerprint density at radius 2 is 2.31 bits per heavy atom. The van der Waals surface area contributed by atoms with Crippen LogP contribution < -0.4 is 10.5 Å². The monoisotopic (exact) mass is 196 g/mol. The lowest BCUT2D eigenvalue weighted by atomic mass is 10.4. The molecular formula is C9H12N2OS. The minimum absolute atomic E-state index is 0.413. The summed E-state index contributed by atoms with van der Waals surface area (Å²) in [6.45, 7) is 0. The van der Waals surface area contributed by atoms with Gasteiger partial charge in [0.05, 0.1) is 6.10 Å². The van der Waals surface area contributed by atoms with Crippen molar-refractivity contribution in [1.29, 1.82) is 0 Å². The topological polar surface area (TPSA) is 48.1 Å². The zero-order valence-electron chi connectivity index (χ0n) is 7.49. The van der Waals surface area contributed by atoms with E-state index in [1.165, 1.54) is 0 Å². The number of pyridine rings is 1. The van der Waals surface area contributed by atoms with Crippen LogP contribution in [0.3, 0.4) is 0 Å². The average molecular weight is 196 g/mol. The van der Waals surface area contributed by atoms with Gasteiger partial charge in [-0.15, -0.1) is 11.8 Å². The van der Waals surface area contributed by atoms with E-state index in [0.29, 0.717) is 11.9 Å². The van der Waals surface area contributed by atoms with Gasteiger partial charge in [-0.1, -0.05) is 0 Å². The third-order valence-corrected chi connectivity index (χ3v) is 2.54. The standard InChI is InChI=1S/C9H12N2OS/c1-13-9-7(12-6-2-3-6)4-5-8(10)11-9/h4-6H,2-3H2,1H3,(H2,10,11). The van der Waals surface area contributed by atoms with Gasteiger partial charge in [-0.05, 0) is 31.2 Å². The van der Waals surface area contributed by atoms with Crippen molar-refractivity contribution in [1.82, 2.24) is 4.98 Å². The Hall–Kier alpha value is -0.900. The number of aromatic nitrogens is 1. The minimum atomic E-state index is 0.413. The molecule has 0 atom stereocenters. The molecule has 13 heavy (non-hydrogen) atoms. The lowest BCUT2D eigenvalue weighted by molar-refractivity contribution is 0.293. The van der Waals surface area contributed by atoms with Gasteiger partial charge in [0.25, 0.3) is 0 Å². The molecule has 0 radical (unpaired) electrons. The van der Waals surface area contributed by atoms with E-state index < -0.39 is 0 Å². The fourth-order valence-corrected chi connectivity index (χ4v) is 1.56. The molecule has 0 bridgehead atoms. The first-order valence-electron chi connectivity index (χ1n) is 4.27. The molecule has 1 aromatic rings. The number of hydrogen-bond acceptors (Lipinski definition) is 4. The van der Waals surface area contributed by atoms with Crippen LogP contribution in [0.2, 0.25) is 0 Å². The Morgan fingerprint density at radius 3 is 2.92 bits per heavy atom. The maximum absolute atomic E-state index is 5.66. The zero-order chi connectivity index (χ0) is 9.26. The molecule has 0 aliphatic heterocycles. The second-order valence-electron chi connectivity index (χ2n) is 3.06. The Balaban J connectivity index is 2.21. The lowest BCUT2D eigenvalue weighted by Crippen LogP contribution is -2.00. The maximum atomic E-state index is 5.66. The molecule has 0 aromatic carbocycles. The summed E-state index contributed by atoms with van der Waals surface area (Å²) in [4.78, 5) is 4.19. The van der Waals surface area contributed by atoms with E-state index >= 15 is 0 Å². The van der Waals surface area contributed by atoms with Crippen LogP contribution in [0.4, 0.5) is 5.82 Å². The number of thioether (sulfide) groups is 1. The Kier molecular flexibility index (Phi) is 2.31. The highest BCUT2D eigenvalue weighted by Crippen LogP contribution is 2.32. The van der Waals surface area contributed by atoms with Gasteiger partial charge in [0.15, 0.2) is 5.75 Å². The van der Waals surface area contributed by atoms with E-state index in [-0.39, 0.29) is 0 Å². The van der Waals surface area contributed by atoms with Crippen molar-refractivity contribution in [3.8, 4) is 5.75 Å². The summed E-state index contributed by atoms with van der Waals surface area (Å²) < 4.78 is 5.66. The van der Waals surface area contributed by atoms with Gasteiger partial charge >= 0.3 is 0 Å². The zero-order valence-corrected chi connectivity index (χ0v) is 8.30. The maximum Gasteiger partial charge on any atom is 0.152 e. The van der Waals surface area contributed by atoms with Gasteiger partial charge in [-0.3, -0.25) is 0 Å². The highest BCUT2D eigenvalue weighted by molar-refractivity contribution is 7.98. The van der Waals surface area contributed by atoms with Crippen LogP contribution in [0, 0.1) is 0 Å². The molecule has 1 aliphatic carbocycles. The molecular weight excluding hydrogens is 184 g/mol. The molecule has 4 heteroatoms. The van der Waals surface area contributed by atoms with E-state index in [1.54, 1.807) is 17.8 Å². The predicted octanol–water partition coefficient (Wildman–Crippen LogP) is 1.93. The van der Waals surface area contributed by atoms with E-state index in [4.69, 9.17) is 10.5 Å². The fourth-order valence-electron chi connectivity index (χ4n) is 1.04. The molecule has 1 aliphatic rings. The molecule has 1 fully saturated rings. The molecule has 70 valence electrons. The summed E-state index contributed by atoms with van der Waals surface area (Å²) in [5.41, 5.74) is 5.57. The van der Waals surface area contributed by atoms with Crippen molar-refractivity contribution in [2.75, 3.05) is 12.0 Å². The largest absolute Gasteiger partial charge is 0.488 e. The molecule has 0 unspecified atom stereocenters. The number of ether oxygens (including phenoxy) is 1. The van der Waals surface area contributed by atoms with Crippen molar-refractivity contribution in [2.45, 2.75) is 24.0 Å². The van der Waals surface area contributed by atoms with Gasteiger partial charge in [0.1, 0.15) is 10.8 Å². The molecule has 0 saturated heterocycles. The van der Waals surface area contributed by atoms with Gasteiger partial charge < -0.3 is 10.5 Å². The van der Waals surface area contributed by atoms with Crippen LogP contribution in [0.25, 0.3) is 0 Å². The van der Waals surface area contributed by atoms with Crippen LogP contribution >= 0.6 is 11.8 Å². The second-order valence-corrected chi connectivity index (χ2v) is 3.86. The van der Waals surface area contributed by atoms with Crippen LogP contribution in [0.5, 0.6) is 5.75 Å². The summed E-state index contributed by atoms with van der Waals surface area (Å²) in [6.07, 6.45) is 4.72. The molecule has 1 aromatic heterocycles. The summed E-state index contributed by atoms with van der Waals surface area (Å²) in [5, 5.41) is 0.881. The number of hydrogen-bond donors (Lipinski definition) is 1. The van der Waals surface area contributed by atoms with Crippen LogP contribution in [-0.2, 0) is 0 Å². The fraction of sp³-hybridized carbons (Fsp3) is 0.444. The summed E-state index contributed by atoms with van der Waals surface area (Å²) in [7, 11) is 0. The third-order valence-electron chi connectivity index (χ3n) is 1.86. The van der Waals surface area contributed by atoms with Gasteiger partial charge in [-0.25, -0.2) is 4.98 Å². The third kappa shape index (κ3) is 2.06.